The molecule has 33 heavy (non-hydrogen) atoms. The first-order valence-electron chi connectivity index (χ1n) is 10.5. The Balaban J connectivity index is 1.60. The molecule has 6 heteroatoms. The number of carbonyl (C=O) groups is 2. The molecule has 1 amide bonds. The molecule has 0 unspecified atom stereocenters. The van der Waals surface area contributed by atoms with Gasteiger partial charge in [-0.1, -0.05) is 54.1 Å². The van der Waals surface area contributed by atoms with Crippen LogP contribution in [-0.4, -0.2) is 30.6 Å². The summed E-state index contributed by atoms with van der Waals surface area (Å²) in [6.45, 7) is 3.46. The quantitative estimate of drug-likeness (QED) is 0.411. The zero-order chi connectivity index (χ0) is 23.4. The van der Waals surface area contributed by atoms with Crippen LogP contribution < -0.4 is 10.1 Å². The van der Waals surface area contributed by atoms with Crippen molar-refractivity contribution in [3.63, 3.8) is 0 Å². The van der Waals surface area contributed by atoms with Crippen LogP contribution in [0.2, 0.25) is 0 Å². The fourth-order valence-electron chi connectivity index (χ4n) is 3.66. The molecule has 0 radical (unpaired) electrons. The molecule has 1 N–H and O–H groups in total. The predicted octanol–water partition coefficient (Wildman–Crippen LogP) is 5.32. The third-order valence-corrected chi connectivity index (χ3v) is 5.35. The Morgan fingerprint density at radius 2 is 1.70 bits per heavy atom. The molecule has 0 spiro atoms. The second-order valence-corrected chi connectivity index (χ2v) is 7.70. The van der Waals surface area contributed by atoms with Crippen molar-refractivity contribution in [2.45, 2.75) is 13.8 Å². The largest absolute Gasteiger partial charge is 0.497 e. The number of rotatable bonds is 6. The lowest BCUT2D eigenvalue weighted by Crippen LogP contribution is -2.21. The molecule has 0 saturated carbocycles. The first kappa shape index (κ1) is 22.0. The number of amides is 1. The van der Waals surface area contributed by atoms with Crippen molar-refractivity contribution in [2.75, 3.05) is 19.0 Å². The number of benzene rings is 3. The van der Waals surface area contributed by atoms with Gasteiger partial charge < -0.3 is 14.8 Å². The van der Waals surface area contributed by atoms with Gasteiger partial charge in [-0.05, 0) is 37.6 Å². The van der Waals surface area contributed by atoms with Crippen LogP contribution >= 0.6 is 0 Å². The lowest BCUT2D eigenvalue weighted by molar-refractivity contribution is -0.119. The maximum atomic E-state index is 13.1. The van der Waals surface area contributed by atoms with E-state index in [1.807, 2.05) is 62.4 Å². The summed E-state index contributed by atoms with van der Waals surface area (Å²) in [7, 11) is 1.55. The molecule has 0 fully saturated rings. The first-order valence-corrected chi connectivity index (χ1v) is 10.5. The molecule has 0 aliphatic heterocycles. The highest BCUT2D eigenvalue weighted by atomic mass is 16.5. The minimum atomic E-state index is -0.569. The number of pyridine rings is 1. The monoisotopic (exact) mass is 440 g/mol. The Labute approximate surface area is 192 Å². The highest BCUT2D eigenvalue weighted by Crippen LogP contribution is 2.30. The van der Waals surface area contributed by atoms with Gasteiger partial charge in [-0.3, -0.25) is 4.79 Å². The van der Waals surface area contributed by atoms with Gasteiger partial charge in [0, 0.05) is 22.7 Å². The molecule has 1 aromatic heterocycles. The summed E-state index contributed by atoms with van der Waals surface area (Å²) >= 11 is 0. The van der Waals surface area contributed by atoms with Gasteiger partial charge in [0.25, 0.3) is 5.91 Å². The van der Waals surface area contributed by atoms with E-state index in [1.165, 1.54) is 0 Å². The number of hydrogen-bond acceptors (Lipinski definition) is 5. The Morgan fingerprint density at radius 1 is 0.939 bits per heavy atom. The van der Waals surface area contributed by atoms with E-state index in [2.05, 4.69) is 5.32 Å². The number of aryl methyl sites for hydroxylation is 1. The highest BCUT2D eigenvalue weighted by molar-refractivity contribution is 6.07. The Morgan fingerprint density at radius 3 is 2.45 bits per heavy atom. The number of ether oxygens (including phenoxy) is 2. The van der Waals surface area contributed by atoms with Gasteiger partial charge >= 0.3 is 5.97 Å². The van der Waals surface area contributed by atoms with Gasteiger partial charge in [-0.2, -0.15) is 0 Å². The summed E-state index contributed by atoms with van der Waals surface area (Å²) in [6.07, 6.45) is 0. The molecule has 0 aliphatic rings. The number of para-hydroxylation sites is 1. The van der Waals surface area contributed by atoms with Crippen molar-refractivity contribution in [3.05, 3.63) is 89.5 Å². The smallest absolute Gasteiger partial charge is 0.339 e. The van der Waals surface area contributed by atoms with E-state index in [0.29, 0.717) is 39.2 Å². The standard InChI is InChI=1S/C27H24N2O4/c1-17-11-13-19(14-12-17)26-18(2)25(22-9-4-5-10-23(22)29-26)27(31)33-16-24(30)28-20-7-6-8-21(15-20)32-3/h4-15H,16H2,1-3H3,(H,28,30). The Bertz CT molecular complexity index is 1330. The maximum Gasteiger partial charge on any atom is 0.339 e. The van der Waals surface area contributed by atoms with E-state index in [1.54, 1.807) is 31.4 Å². The number of aromatic nitrogens is 1. The number of methoxy groups -OCH3 is 1. The summed E-state index contributed by atoms with van der Waals surface area (Å²) < 4.78 is 10.6. The molecule has 4 aromatic rings. The fourth-order valence-corrected chi connectivity index (χ4v) is 3.66. The molecule has 4 rings (SSSR count). The van der Waals surface area contributed by atoms with Gasteiger partial charge in [0.05, 0.1) is 23.9 Å². The third-order valence-electron chi connectivity index (χ3n) is 5.35. The van der Waals surface area contributed by atoms with E-state index >= 15 is 0 Å². The van der Waals surface area contributed by atoms with Crippen LogP contribution in [0.1, 0.15) is 21.5 Å². The summed E-state index contributed by atoms with van der Waals surface area (Å²) in [4.78, 5) is 30.3. The molecule has 0 atom stereocenters. The summed E-state index contributed by atoms with van der Waals surface area (Å²) in [5.41, 5.74) is 5.11. The average molecular weight is 440 g/mol. The van der Waals surface area contributed by atoms with Gasteiger partial charge in [0.15, 0.2) is 6.61 Å². The van der Waals surface area contributed by atoms with Crippen molar-refractivity contribution in [1.82, 2.24) is 4.98 Å². The zero-order valence-corrected chi connectivity index (χ0v) is 18.7. The lowest BCUT2D eigenvalue weighted by atomic mass is 9.97. The predicted molar refractivity (Wildman–Crippen MR) is 129 cm³/mol. The average Bonchev–Trinajstić information content (AvgIpc) is 2.83. The number of nitrogens with one attached hydrogen (secondary N) is 1. The minimum Gasteiger partial charge on any atom is -0.497 e. The van der Waals surface area contributed by atoms with E-state index in [4.69, 9.17) is 14.5 Å². The van der Waals surface area contributed by atoms with Gasteiger partial charge in [-0.25, -0.2) is 9.78 Å². The summed E-state index contributed by atoms with van der Waals surface area (Å²) in [5.74, 6) is -0.390. The van der Waals surface area contributed by atoms with Crippen LogP contribution in [0.15, 0.2) is 72.8 Å². The van der Waals surface area contributed by atoms with E-state index in [9.17, 15) is 9.59 Å². The van der Waals surface area contributed by atoms with Gasteiger partial charge in [0.1, 0.15) is 5.75 Å². The number of esters is 1. The van der Waals surface area contributed by atoms with Crippen LogP contribution in [0.3, 0.4) is 0 Å². The summed E-state index contributed by atoms with van der Waals surface area (Å²) in [6, 6.07) is 22.4. The normalized spacial score (nSPS) is 10.6. The molecular weight excluding hydrogens is 416 g/mol. The van der Waals surface area contributed by atoms with E-state index in [0.717, 1.165) is 11.1 Å². The Kier molecular flexibility index (Phi) is 6.36. The number of carbonyl (C=O) groups excluding carboxylic acids is 2. The molecule has 3 aromatic carbocycles. The molecule has 6 nitrogen and oxygen atoms in total. The fraction of sp³-hybridized carbons (Fsp3) is 0.148. The highest BCUT2D eigenvalue weighted by Gasteiger charge is 2.21. The SMILES string of the molecule is COc1cccc(NC(=O)COC(=O)c2c(C)c(-c3ccc(C)cc3)nc3ccccc23)c1. The van der Waals surface area contributed by atoms with Crippen LogP contribution in [0, 0.1) is 13.8 Å². The number of fused-ring (bicyclic) bond motifs is 1. The van der Waals surface area contributed by atoms with Crippen molar-refractivity contribution < 1.29 is 19.1 Å². The zero-order valence-electron chi connectivity index (χ0n) is 18.7. The van der Waals surface area contributed by atoms with Gasteiger partial charge in [0.2, 0.25) is 0 Å². The maximum absolute atomic E-state index is 13.1. The van der Waals surface area contributed by atoms with Crippen LogP contribution in [0.4, 0.5) is 5.69 Å². The molecule has 166 valence electrons. The first-order chi connectivity index (χ1) is 16.0. The van der Waals surface area contributed by atoms with Crippen molar-refractivity contribution in [3.8, 4) is 17.0 Å². The van der Waals surface area contributed by atoms with Gasteiger partial charge in [-0.15, -0.1) is 0 Å². The number of hydrogen-bond donors (Lipinski definition) is 1. The molecule has 0 aliphatic carbocycles. The second-order valence-electron chi connectivity index (χ2n) is 7.70. The van der Waals surface area contributed by atoms with E-state index < -0.39 is 18.5 Å². The van der Waals surface area contributed by atoms with Crippen molar-refractivity contribution in [1.29, 1.82) is 0 Å². The lowest BCUT2D eigenvalue weighted by Gasteiger charge is -2.14. The number of anilines is 1. The number of nitrogens with zero attached hydrogens (tertiary/aromatic N) is 1. The van der Waals surface area contributed by atoms with Crippen LogP contribution in [0.5, 0.6) is 5.75 Å². The Hall–Kier alpha value is -4.19. The van der Waals surface area contributed by atoms with E-state index in [-0.39, 0.29) is 0 Å². The summed E-state index contributed by atoms with van der Waals surface area (Å²) in [5, 5.41) is 3.39. The minimum absolute atomic E-state index is 0.408. The molecule has 1 heterocycles. The second kappa shape index (κ2) is 9.53. The van der Waals surface area contributed by atoms with Crippen LogP contribution in [0.25, 0.3) is 22.2 Å². The van der Waals surface area contributed by atoms with Crippen molar-refractivity contribution >= 4 is 28.5 Å². The molecule has 0 bridgehead atoms. The molecular formula is C27H24N2O4. The third kappa shape index (κ3) is 4.85. The van der Waals surface area contributed by atoms with Crippen LogP contribution in [-0.2, 0) is 9.53 Å². The molecule has 0 saturated heterocycles. The topological polar surface area (TPSA) is 77.5 Å². The van der Waals surface area contributed by atoms with Crippen molar-refractivity contribution in [2.24, 2.45) is 0 Å².